The maximum Gasteiger partial charge on any atom is 0.164 e. The van der Waals surface area contributed by atoms with Gasteiger partial charge in [-0.15, -0.1) is 0 Å². The Bertz CT molecular complexity index is 3560. The average molecular weight is 780 g/mol. The van der Waals surface area contributed by atoms with Gasteiger partial charge in [-0.2, -0.15) is 0 Å². The van der Waals surface area contributed by atoms with E-state index in [2.05, 4.69) is 170 Å². The van der Waals surface area contributed by atoms with Gasteiger partial charge in [-0.25, -0.2) is 15.0 Å². The van der Waals surface area contributed by atoms with E-state index in [1.807, 2.05) is 30.3 Å². The normalized spacial score (nSPS) is 12.8. The largest absolute Gasteiger partial charge is 0.456 e. The minimum absolute atomic E-state index is 0.586. The molecule has 1 aliphatic rings. The quantitative estimate of drug-likeness (QED) is 0.158. The monoisotopic (exact) mass is 779 g/mol. The molecule has 0 radical (unpaired) electrons. The van der Waals surface area contributed by atoms with Gasteiger partial charge in [0, 0.05) is 27.5 Å². The highest BCUT2D eigenvalue weighted by atomic mass is 16.3. The molecule has 0 atom stereocenters. The minimum Gasteiger partial charge on any atom is -0.456 e. The second-order valence-corrected chi connectivity index (χ2v) is 15.8. The highest BCUT2D eigenvalue weighted by Crippen LogP contribution is 2.42. The topological polar surface area (TPSA) is 51.8 Å². The third-order valence-electron chi connectivity index (χ3n) is 12.2. The lowest BCUT2D eigenvalue weighted by Crippen LogP contribution is -2.01. The van der Waals surface area contributed by atoms with Crippen molar-refractivity contribution in [2.45, 2.75) is 12.8 Å². The van der Waals surface area contributed by atoms with Crippen LogP contribution in [0.15, 0.2) is 205 Å². The Labute approximate surface area is 352 Å². The summed E-state index contributed by atoms with van der Waals surface area (Å²) in [5, 5.41) is 9.73. The first-order valence-electron chi connectivity index (χ1n) is 20.9. The van der Waals surface area contributed by atoms with Crippen LogP contribution in [0.3, 0.4) is 0 Å². The first-order valence-corrected chi connectivity index (χ1v) is 20.9. The first kappa shape index (κ1) is 35.0. The molecule has 11 aromatic rings. The van der Waals surface area contributed by atoms with Crippen molar-refractivity contribution in [3.8, 4) is 56.4 Å². The van der Waals surface area contributed by atoms with Crippen LogP contribution in [0.5, 0.6) is 0 Å². The van der Waals surface area contributed by atoms with Gasteiger partial charge in [-0.1, -0.05) is 170 Å². The molecule has 0 spiro atoms. The van der Waals surface area contributed by atoms with E-state index in [1.165, 1.54) is 43.5 Å². The molecule has 0 fully saturated rings. The predicted octanol–water partition coefficient (Wildman–Crippen LogP) is 15.3. The van der Waals surface area contributed by atoms with Crippen LogP contribution in [0.2, 0.25) is 0 Å². The Hall–Kier alpha value is -7.95. The number of aromatic nitrogens is 3. The van der Waals surface area contributed by atoms with Gasteiger partial charge in [-0.3, -0.25) is 0 Å². The molecule has 4 nitrogen and oxygen atoms in total. The van der Waals surface area contributed by atoms with E-state index in [0.717, 1.165) is 73.7 Å². The summed E-state index contributed by atoms with van der Waals surface area (Å²) in [6, 6.07) is 64.5. The van der Waals surface area contributed by atoms with Crippen molar-refractivity contribution < 1.29 is 4.42 Å². The van der Waals surface area contributed by atoms with Crippen LogP contribution in [0, 0.1) is 0 Å². The van der Waals surface area contributed by atoms with Gasteiger partial charge in [0.25, 0.3) is 0 Å². The van der Waals surface area contributed by atoms with E-state index in [9.17, 15) is 0 Å². The van der Waals surface area contributed by atoms with Crippen LogP contribution >= 0.6 is 0 Å². The fraction of sp³-hybridized carbons (Fsp3) is 0.0351. The van der Waals surface area contributed by atoms with Gasteiger partial charge in [0.2, 0.25) is 0 Å². The maximum atomic E-state index is 6.49. The second kappa shape index (κ2) is 14.4. The number of fused-ring (bicyclic) bond motifs is 9. The molecule has 0 aliphatic heterocycles. The van der Waals surface area contributed by atoms with E-state index in [4.69, 9.17) is 19.4 Å². The zero-order valence-corrected chi connectivity index (χ0v) is 33.2. The summed E-state index contributed by atoms with van der Waals surface area (Å²) in [6.45, 7) is 0. The van der Waals surface area contributed by atoms with Crippen molar-refractivity contribution in [2.75, 3.05) is 0 Å². The highest BCUT2D eigenvalue weighted by Gasteiger charge is 2.20. The molecule has 0 saturated heterocycles. The predicted molar refractivity (Wildman–Crippen MR) is 253 cm³/mol. The molecule has 286 valence electrons. The molecular formula is C57H37N3O. The number of benzene rings is 9. The summed E-state index contributed by atoms with van der Waals surface area (Å²) < 4.78 is 6.49. The zero-order chi connectivity index (χ0) is 40.3. The number of hydrogen-bond donors (Lipinski definition) is 0. The lowest BCUT2D eigenvalue weighted by molar-refractivity contribution is 0.669. The van der Waals surface area contributed by atoms with E-state index in [1.54, 1.807) is 0 Å². The van der Waals surface area contributed by atoms with Crippen molar-refractivity contribution in [3.05, 3.63) is 206 Å². The van der Waals surface area contributed by atoms with Crippen LogP contribution < -0.4 is 0 Å². The molecule has 2 heterocycles. The van der Waals surface area contributed by atoms with Gasteiger partial charge < -0.3 is 4.42 Å². The number of furan rings is 1. The molecule has 2 aromatic heterocycles. The van der Waals surface area contributed by atoms with Gasteiger partial charge in [-0.05, 0) is 109 Å². The van der Waals surface area contributed by atoms with E-state index in [0.29, 0.717) is 17.5 Å². The summed E-state index contributed by atoms with van der Waals surface area (Å²) in [6.07, 6.45) is 8.70. The minimum atomic E-state index is 0.586. The van der Waals surface area contributed by atoms with Crippen LogP contribution in [0.25, 0.3) is 116 Å². The average Bonchev–Trinajstić information content (AvgIpc) is 3.72. The third-order valence-corrected chi connectivity index (χ3v) is 12.2. The highest BCUT2D eigenvalue weighted by molar-refractivity contribution is 6.25. The van der Waals surface area contributed by atoms with Gasteiger partial charge >= 0.3 is 0 Å². The molecule has 4 heteroatoms. The molecule has 0 bridgehead atoms. The molecule has 61 heavy (non-hydrogen) atoms. The first-order chi connectivity index (χ1) is 30.2. The van der Waals surface area contributed by atoms with Gasteiger partial charge in [0.05, 0.1) is 0 Å². The van der Waals surface area contributed by atoms with Gasteiger partial charge in [0.1, 0.15) is 11.2 Å². The Balaban J connectivity index is 1.00. The molecule has 0 unspecified atom stereocenters. The lowest BCUT2D eigenvalue weighted by atomic mass is 9.88. The summed E-state index contributed by atoms with van der Waals surface area (Å²) >= 11 is 0. The molecule has 0 saturated carbocycles. The van der Waals surface area contributed by atoms with Crippen molar-refractivity contribution in [3.63, 3.8) is 0 Å². The van der Waals surface area contributed by atoms with Crippen LogP contribution in [0.1, 0.15) is 18.4 Å². The number of hydrogen-bond acceptors (Lipinski definition) is 4. The molecule has 12 rings (SSSR count). The second-order valence-electron chi connectivity index (χ2n) is 15.8. The molecule has 9 aromatic carbocycles. The standard InChI is InChI=1S/C57H37N3O/c1-3-15-36(16-4-1)38-29-32-53-52(33-38)49-31-28-40(35-54(49)61-53)56-58-55(37-17-5-2-6-18-37)59-57(60-56)50-26-14-13-24-46(50)42-20-8-7-19-41(42)39-27-30-48-45-23-10-9-21-43(45)44-22-11-12-25-47(44)51(48)34-39/h1-3,5-15,17-35H,4,16H2. The van der Waals surface area contributed by atoms with Gasteiger partial charge in [0.15, 0.2) is 17.5 Å². The van der Waals surface area contributed by atoms with Crippen LogP contribution in [-0.2, 0) is 0 Å². The van der Waals surface area contributed by atoms with E-state index < -0.39 is 0 Å². The Morgan fingerprint density at radius 3 is 1.61 bits per heavy atom. The number of allylic oxidation sites excluding steroid dienone is 4. The SMILES string of the molecule is C1=CCCC(c2ccc3oc4cc(-c5nc(-c6ccccc6)nc(-c6ccccc6-c6ccccc6-c6ccc7c8ccccc8c8ccccc8c7c6)n5)ccc4c3c2)=C1. The van der Waals surface area contributed by atoms with E-state index >= 15 is 0 Å². The van der Waals surface area contributed by atoms with Crippen LogP contribution in [-0.4, -0.2) is 15.0 Å². The van der Waals surface area contributed by atoms with Crippen molar-refractivity contribution in [1.82, 2.24) is 15.0 Å². The summed E-state index contributed by atoms with van der Waals surface area (Å²) in [7, 11) is 0. The maximum absolute atomic E-state index is 6.49. The fourth-order valence-corrected chi connectivity index (χ4v) is 9.26. The number of nitrogens with zero attached hydrogens (tertiary/aromatic N) is 3. The smallest absolute Gasteiger partial charge is 0.164 e. The van der Waals surface area contributed by atoms with E-state index in [-0.39, 0.29) is 0 Å². The Morgan fingerprint density at radius 1 is 0.344 bits per heavy atom. The molecule has 0 N–H and O–H groups in total. The molecular weight excluding hydrogens is 743 g/mol. The number of rotatable bonds is 6. The third kappa shape index (κ3) is 6.03. The zero-order valence-electron chi connectivity index (χ0n) is 33.2. The Kier molecular flexibility index (Phi) is 8.27. The fourth-order valence-electron chi connectivity index (χ4n) is 9.26. The van der Waals surface area contributed by atoms with Crippen LogP contribution in [0.4, 0.5) is 0 Å². The van der Waals surface area contributed by atoms with Crippen molar-refractivity contribution >= 4 is 59.8 Å². The Morgan fingerprint density at radius 2 is 0.885 bits per heavy atom. The lowest BCUT2D eigenvalue weighted by Gasteiger charge is -2.16. The van der Waals surface area contributed by atoms with Crippen molar-refractivity contribution in [1.29, 1.82) is 0 Å². The molecule has 1 aliphatic carbocycles. The van der Waals surface area contributed by atoms with Crippen molar-refractivity contribution in [2.24, 2.45) is 0 Å². The molecule has 0 amide bonds. The summed E-state index contributed by atoms with van der Waals surface area (Å²) in [5.74, 6) is 1.80. The summed E-state index contributed by atoms with van der Waals surface area (Å²) in [5.41, 5.74) is 11.4. The summed E-state index contributed by atoms with van der Waals surface area (Å²) in [4.78, 5) is 15.5.